The van der Waals surface area contributed by atoms with Crippen molar-refractivity contribution >= 4 is 7.12 Å². The molecule has 0 atom stereocenters. The van der Waals surface area contributed by atoms with Crippen molar-refractivity contribution in [1.82, 2.24) is 4.98 Å². The Balaban J connectivity index is 0.000000181. The average Bonchev–Trinajstić information content (AvgIpc) is 2.32. The fourth-order valence-electron chi connectivity index (χ4n) is 1.14. The number of benzene rings is 1. The summed E-state index contributed by atoms with van der Waals surface area (Å²) in [7, 11) is -1.23. The lowest BCUT2D eigenvalue weighted by Gasteiger charge is -1.96. The van der Waals surface area contributed by atoms with Gasteiger partial charge in [0.15, 0.2) is 0 Å². The zero-order valence-corrected chi connectivity index (χ0v) is 8.90. The van der Waals surface area contributed by atoms with E-state index in [9.17, 15) is 0 Å². The molecule has 2 rings (SSSR count). The van der Waals surface area contributed by atoms with Crippen LogP contribution in [0.25, 0.3) is 0 Å². The van der Waals surface area contributed by atoms with Crippen molar-refractivity contribution < 1.29 is 10.0 Å². The van der Waals surface area contributed by atoms with E-state index < -0.39 is 7.12 Å². The summed E-state index contributed by atoms with van der Waals surface area (Å²) < 4.78 is 0. The second-order valence-electron chi connectivity index (χ2n) is 3.19. The molecule has 0 bridgehead atoms. The van der Waals surface area contributed by atoms with E-state index in [-0.39, 0.29) is 0 Å². The maximum Gasteiger partial charge on any atom is 0.456 e. The van der Waals surface area contributed by atoms with E-state index >= 15 is 0 Å². The topological polar surface area (TPSA) is 53.4 Å². The van der Waals surface area contributed by atoms with Gasteiger partial charge in [-0.1, -0.05) is 42.0 Å². The number of nitrogens with zero attached hydrogens (tertiary/aromatic N) is 1. The first-order chi connectivity index (χ1) is 7.79. The zero-order valence-electron chi connectivity index (χ0n) is 8.90. The molecule has 3 nitrogen and oxygen atoms in total. The van der Waals surface area contributed by atoms with Crippen LogP contribution in [0.4, 0.5) is 0 Å². The Morgan fingerprint density at radius 3 is 1.81 bits per heavy atom. The molecule has 0 radical (unpaired) electrons. The molecule has 0 amide bonds. The minimum Gasteiger partial charge on any atom is -0.427 e. The van der Waals surface area contributed by atoms with Crippen LogP contribution in [-0.2, 0) is 6.32 Å². The van der Waals surface area contributed by atoms with Gasteiger partial charge >= 0.3 is 7.12 Å². The standard InChI is InChI=1S/C7H9BO2.C5H5N/c9-8(10)6-7-4-2-1-3-5-7;1-2-4-6-5-3-1/h1-5,9-10H,6H2;1-5H. The second kappa shape index (κ2) is 7.62. The van der Waals surface area contributed by atoms with Crippen LogP contribution in [0.1, 0.15) is 5.56 Å². The van der Waals surface area contributed by atoms with E-state index in [0.717, 1.165) is 5.56 Å². The highest BCUT2D eigenvalue weighted by atomic mass is 16.4. The molecular weight excluding hydrogens is 201 g/mol. The van der Waals surface area contributed by atoms with Crippen molar-refractivity contribution in [3.8, 4) is 0 Å². The molecule has 0 fully saturated rings. The second-order valence-corrected chi connectivity index (χ2v) is 3.19. The molecule has 2 N–H and O–H groups in total. The van der Waals surface area contributed by atoms with E-state index in [2.05, 4.69) is 4.98 Å². The number of hydrogen-bond acceptors (Lipinski definition) is 3. The third kappa shape index (κ3) is 5.96. The number of hydrogen-bond donors (Lipinski definition) is 2. The highest BCUT2D eigenvalue weighted by Crippen LogP contribution is 1.98. The van der Waals surface area contributed by atoms with Crippen LogP contribution < -0.4 is 0 Å². The lowest BCUT2D eigenvalue weighted by molar-refractivity contribution is 0.405. The highest BCUT2D eigenvalue weighted by molar-refractivity contribution is 6.40. The van der Waals surface area contributed by atoms with Crippen LogP contribution >= 0.6 is 0 Å². The van der Waals surface area contributed by atoms with E-state index in [1.54, 1.807) is 12.4 Å². The molecule has 16 heavy (non-hydrogen) atoms. The molecule has 0 unspecified atom stereocenters. The summed E-state index contributed by atoms with van der Waals surface area (Å²) in [4.78, 5) is 3.78. The maximum atomic E-state index is 8.56. The molecule has 0 aliphatic heterocycles. The molecule has 0 saturated heterocycles. The summed E-state index contributed by atoms with van der Waals surface area (Å²) in [6.45, 7) is 0. The van der Waals surface area contributed by atoms with Crippen LogP contribution in [-0.4, -0.2) is 22.2 Å². The van der Waals surface area contributed by atoms with Gasteiger partial charge in [0.2, 0.25) is 0 Å². The molecule has 1 aromatic carbocycles. The quantitative estimate of drug-likeness (QED) is 0.743. The zero-order chi connectivity index (χ0) is 11.6. The number of rotatable bonds is 2. The highest BCUT2D eigenvalue weighted by Gasteiger charge is 2.05. The van der Waals surface area contributed by atoms with Crippen molar-refractivity contribution in [2.45, 2.75) is 6.32 Å². The van der Waals surface area contributed by atoms with Gasteiger partial charge in [-0.25, -0.2) is 0 Å². The average molecular weight is 215 g/mol. The van der Waals surface area contributed by atoms with E-state index in [1.807, 2.05) is 48.5 Å². The number of aromatic nitrogens is 1. The Morgan fingerprint density at radius 1 is 0.875 bits per heavy atom. The Bertz CT molecular complexity index is 341. The van der Waals surface area contributed by atoms with Gasteiger partial charge in [0.1, 0.15) is 0 Å². The van der Waals surface area contributed by atoms with Gasteiger partial charge in [0, 0.05) is 18.7 Å². The van der Waals surface area contributed by atoms with Crippen molar-refractivity contribution in [1.29, 1.82) is 0 Å². The minimum atomic E-state index is -1.23. The Kier molecular flexibility index (Phi) is 5.92. The van der Waals surface area contributed by atoms with Gasteiger partial charge in [0.25, 0.3) is 0 Å². The summed E-state index contributed by atoms with van der Waals surface area (Å²) >= 11 is 0. The van der Waals surface area contributed by atoms with Crippen LogP contribution in [0.3, 0.4) is 0 Å². The summed E-state index contributed by atoms with van der Waals surface area (Å²) in [5.74, 6) is 0. The van der Waals surface area contributed by atoms with Crippen LogP contribution in [0, 0.1) is 0 Å². The lowest BCUT2D eigenvalue weighted by atomic mass is 9.82. The molecular formula is C12H14BNO2. The molecule has 1 heterocycles. The summed E-state index contributed by atoms with van der Waals surface area (Å²) in [5, 5.41) is 17.1. The molecule has 4 heteroatoms. The van der Waals surface area contributed by atoms with Crippen LogP contribution in [0.5, 0.6) is 0 Å². The van der Waals surface area contributed by atoms with Gasteiger partial charge < -0.3 is 10.0 Å². The first-order valence-electron chi connectivity index (χ1n) is 5.04. The van der Waals surface area contributed by atoms with Gasteiger partial charge in [-0.2, -0.15) is 0 Å². The van der Waals surface area contributed by atoms with Gasteiger partial charge in [-0.15, -0.1) is 0 Å². The van der Waals surface area contributed by atoms with Gasteiger partial charge in [-0.05, 0) is 12.1 Å². The Morgan fingerprint density at radius 2 is 1.44 bits per heavy atom. The molecule has 2 aromatic rings. The van der Waals surface area contributed by atoms with Crippen molar-refractivity contribution in [2.75, 3.05) is 0 Å². The van der Waals surface area contributed by atoms with Crippen molar-refractivity contribution in [3.05, 3.63) is 66.5 Å². The predicted octanol–water partition coefficient (Wildman–Crippen LogP) is 1.32. The SMILES string of the molecule is OB(O)Cc1ccccc1.c1ccncc1. The first kappa shape index (κ1) is 12.4. The summed E-state index contributed by atoms with van der Waals surface area (Å²) in [5.41, 5.74) is 0.942. The first-order valence-corrected chi connectivity index (χ1v) is 5.04. The number of pyridine rings is 1. The third-order valence-electron chi connectivity index (χ3n) is 1.83. The maximum absolute atomic E-state index is 8.56. The largest absolute Gasteiger partial charge is 0.456 e. The molecule has 82 valence electrons. The van der Waals surface area contributed by atoms with E-state index in [4.69, 9.17) is 10.0 Å². The smallest absolute Gasteiger partial charge is 0.427 e. The van der Waals surface area contributed by atoms with Crippen LogP contribution in [0.2, 0.25) is 0 Å². The lowest BCUT2D eigenvalue weighted by Crippen LogP contribution is -2.14. The van der Waals surface area contributed by atoms with Crippen LogP contribution in [0.15, 0.2) is 60.9 Å². The van der Waals surface area contributed by atoms with Crippen molar-refractivity contribution in [3.63, 3.8) is 0 Å². The molecule has 0 saturated carbocycles. The fraction of sp³-hybridized carbons (Fsp3) is 0.0833. The monoisotopic (exact) mass is 215 g/mol. The van der Waals surface area contributed by atoms with Gasteiger partial charge in [-0.3, -0.25) is 4.98 Å². The Labute approximate surface area is 95.6 Å². The van der Waals surface area contributed by atoms with E-state index in [0.29, 0.717) is 6.32 Å². The molecule has 0 aliphatic rings. The van der Waals surface area contributed by atoms with Gasteiger partial charge in [0.05, 0.1) is 0 Å². The van der Waals surface area contributed by atoms with E-state index in [1.165, 1.54) is 0 Å². The molecule has 1 aromatic heterocycles. The summed E-state index contributed by atoms with van der Waals surface area (Å²) in [6.07, 6.45) is 3.81. The molecule has 0 spiro atoms. The third-order valence-corrected chi connectivity index (χ3v) is 1.83. The van der Waals surface area contributed by atoms with Crippen molar-refractivity contribution in [2.24, 2.45) is 0 Å². The predicted molar refractivity (Wildman–Crippen MR) is 64.6 cm³/mol. The summed E-state index contributed by atoms with van der Waals surface area (Å²) in [6, 6.07) is 15.1. The fourth-order valence-corrected chi connectivity index (χ4v) is 1.14. The normalized spacial score (nSPS) is 8.88. The molecule has 0 aliphatic carbocycles. The Hall–Kier alpha value is -1.65. The minimum absolute atomic E-state index is 0.306.